The average molecular weight is 323 g/mol. The molecule has 0 saturated heterocycles. The molecule has 0 atom stereocenters. The van der Waals surface area contributed by atoms with Crippen LogP contribution in [0.5, 0.6) is 0 Å². The van der Waals surface area contributed by atoms with E-state index in [-0.39, 0.29) is 12.3 Å². The van der Waals surface area contributed by atoms with Crippen molar-refractivity contribution in [1.29, 1.82) is 0 Å². The highest BCUT2D eigenvalue weighted by Gasteiger charge is 2.31. The Hall–Kier alpha value is -1.49. The SMILES string of the molecule is CCSCc1ccc(C(=O)NC(CC)(CC)CC(=O)O)cc1. The lowest BCUT2D eigenvalue weighted by atomic mass is 9.88. The van der Waals surface area contributed by atoms with Crippen LogP contribution in [0.2, 0.25) is 0 Å². The van der Waals surface area contributed by atoms with Crippen molar-refractivity contribution in [3.63, 3.8) is 0 Å². The summed E-state index contributed by atoms with van der Waals surface area (Å²) in [5, 5.41) is 12.0. The molecule has 22 heavy (non-hydrogen) atoms. The number of hydrogen-bond acceptors (Lipinski definition) is 3. The van der Waals surface area contributed by atoms with Gasteiger partial charge in [0.1, 0.15) is 0 Å². The van der Waals surface area contributed by atoms with Gasteiger partial charge in [0.05, 0.1) is 12.0 Å². The molecule has 0 aliphatic rings. The van der Waals surface area contributed by atoms with E-state index in [1.807, 2.05) is 37.7 Å². The van der Waals surface area contributed by atoms with E-state index in [0.717, 1.165) is 11.5 Å². The molecule has 122 valence electrons. The molecule has 0 unspecified atom stereocenters. The number of carboxylic acids is 1. The van der Waals surface area contributed by atoms with Gasteiger partial charge < -0.3 is 10.4 Å². The van der Waals surface area contributed by atoms with Gasteiger partial charge in [-0.15, -0.1) is 0 Å². The van der Waals surface area contributed by atoms with Crippen LogP contribution in [0.3, 0.4) is 0 Å². The normalized spacial score (nSPS) is 11.2. The van der Waals surface area contributed by atoms with Crippen LogP contribution in [-0.2, 0) is 10.5 Å². The van der Waals surface area contributed by atoms with Crippen LogP contribution < -0.4 is 5.32 Å². The molecule has 2 N–H and O–H groups in total. The van der Waals surface area contributed by atoms with Crippen molar-refractivity contribution in [2.75, 3.05) is 5.75 Å². The summed E-state index contributed by atoms with van der Waals surface area (Å²) >= 11 is 1.83. The Balaban J connectivity index is 2.79. The highest BCUT2D eigenvalue weighted by atomic mass is 32.2. The zero-order valence-corrected chi connectivity index (χ0v) is 14.3. The van der Waals surface area contributed by atoms with Crippen molar-refractivity contribution < 1.29 is 14.7 Å². The van der Waals surface area contributed by atoms with Gasteiger partial charge in [0.25, 0.3) is 5.91 Å². The lowest BCUT2D eigenvalue weighted by Gasteiger charge is -2.31. The van der Waals surface area contributed by atoms with Crippen molar-refractivity contribution in [1.82, 2.24) is 5.32 Å². The van der Waals surface area contributed by atoms with E-state index < -0.39 is 11.5 Å². The Morgan fingerprint density at radius 1 is 1.14 bits per heavy atom. The van der Waals surface area contributed by atoms with Crippen molar-refractivity contribution in [2.24, 2.45) is 0 Å². The summed E-state index contributed by atoms with van der Waals surface area (Å²) in [5.41, 5.74) is 1.08. The van der Waals surface area contributed by atoms with Crippen LogP contribution >= 0.6 is 11.8 Å². The number of nitrogens with one attached hydrogen (secondary N) is 1. The van der Waals surface area contributed by atoms with Gasteiger partial charge in [-0.25, -0.2) is 0 Å². The minimum atomic E-state index is -0.893. The van der Waals surface area contributed by atoms with E-state index in [1.54, 1.807) is 12.1 Å². The van der Waals surface area contributed by atoms with E-state index in [2.05, 4.69) is 12.2 Å². The van der Waals surface area contributed by atoms with Crippen LogP contribution in [0, 0.1) is 0 Å². The number of thioether (sulfide) groups is 1. The lowest BCUT2D eigenvalue weighted by Crippen LogP contribution is -2.49. The molecule has 0 aromatic heterocycles. The maximum Gasteiger partial charge on any atom is 0.305 e. The van der Waals surface area contributed by atoms with Gasteiger partial charge in [-0.05, 0) is 36.3 Å². The molecule has 0 radical (unpaired) electrons. The largest absolute Gasteiger partial charge is 0.481 e. The van der Waals surface area contributed by atoms with E-state index in [4.69, 9.17) is 5.11 Å². The van der Waals surface area contributed by atoms with E-state index in [9.17, 15) is 9.59 Å². The van der Waals surface area contributed by atoms with Crippen LogP contribution in [0.1, 0.15) is 56.0 Å². The summed E-state index contributed by atoms with van der Waals surface area (Å²) in [6.45, 7) is 5.92. The molecular weight excluding hydrogens is 298 g/mol. The summed E-state index contributed by atoms with van der Waals surface area (Å²) in [5.74, 6) is 0.897. The van der Waals surface area contributed by atoms with Crippen molar-refractivity contribution in [3.8, 4) is 0 Å². The molecule has 0 heterocycles. The number of amides is 1. The second-order valence-electron chi connectivity index (χ2n) is 5.35. The average Bonchev–Trinajstić information content (AvgIpc) is 2.52. The maximum atomic E-state index is 12.4. The zero-order chi connectivity index (χ0) is 16.6. The smallest absolute Gasteiger partial charge is 0.305 e. The summed E-state index contributed by atoms with van der Waals surface area (Å²) in [4.78, 5) is 23.4. The van der Waals surface area contributed by atoms with Crippen LogP contribution in [0.4, 0.5) is 0 Å². The fourth-order valence-electron chi connectivity index (χ4n) is 2.30. The first-order valence-corrected chi connectivity index (χ1v) is 8.82. The number of benzene rings is 1. The molecule has 1 amide bonds. The predicted molar refractivity (Wildman–Crippen MR) is 91.3 cm³/mol. The minimum absolute atomic E-state index is 0.0586. The van der Waals surface area contributed by atoms with Crippen LogP contribution in [-0.4, -0.2) is 28.3 Å². The van der Waals surface area contributed by atoms with Gasteiger partial charge in [0.2, 0.25) is 0 Å². The Morgan fingerprint density at radius 3 is 2.18 bits per heavy atom. The quantitative estimate of drug-likeness (QED) is 0.727. The van der Waals surface area contributed by atoms with Gasteiger partial charge >= 0.3 is 5.97 Å². The Bertz CT molecular complexity index is 495. The van der Waals surface area contributed by atoms with Gasteiger partial charge in [-0.3, -0.25) is 9.59 Å². The lowest BCUT2D eigenvalue weighted by molar-refractivity contribution is -0.138. The Morgan fingerprint density at radius 2 is 1.73 bits per heavy atom. The topological polar surface area (TPSA) is 66.4 Å². The molecule has 1 aromatic rings. The van der Waals surface area contributed by atoms with Gasteiger partial charge in [0, 0.05) is 11.3 Å². The number of rotatable bonds is 9. The molecule has 0 aliphatic carbocycles. The van der Waals surface area contributed by atoms with E-state index in [1.165, 1.54) is 5.56 Å². The third-order valence-corrected chi connectivity index (χ3v) is 4.86. The Labute approximate surface area is 136 Å². The summed E-state index contributed by atoms with van der Waals surface area (Å²) in [6.07, 6.45) is 1.12. The highest BCUT2D eigenvalue weighted by Crippen LogP contribution is 2.21. The molecular formula is C17H25NO3S. The first kappa shape index (κ1) is 18.6. The zero-order valence-electron chi connectivity index (χ0n) is 13.5. The van der Waals surface area contributed by atoms with Crippen LogP contribution in [0.15, 0.2) is 24.3 Å². The second-order valence-corrected chi connectivity index (χ2v) is 6.62. The number of hydrogen-bond donors (Lipinski definition) is 2. The van der Waals surface area contributed by atoms with Crippen molar-refractivity contribution in [2.45, 2.75) is 51.3 Å². The molecule has 0 aliphatic heterocycles. The fraction of sp³-hybridized carbons (Fsp3) is 0.529. The molecule has 5 heteroatoms. The van der Waals surface area contributed by atoms with Gasteiger partial charge in [-0.2, -0.15) is 11.8 Å². The first-order valence-electron chi connectivity index (χ1n) is 7.67. The second kappa shape index (κ2) is 8.83. The van der Waals surface area contributed by atoms with Gasteiger partial charge in [0.15, 0.2) is 0 Å². The third kappa shape index (κ3) is 5.37. The summed E-state index contributed by atoms with van der Waals surface area (Å²) in [7, 11) is 0. The standard InChI is InChI=1S/C17H25NO3S/c1-4-17(5-2,11-15(19)20)18-16(21)14-9-7-13(8-10-14)12-22-6-3/h7-10H,4-6,11-12H2,1-3H3,(H,18,21)(H,19,20). The minimum Gasteiger partial charge on any atom is -0.481 e. The van der Waals surface area contributed by atoms with E-state index in [0.29, 0.717) is 18.4 Å². The molecule has 0 fully saturated rings. The molecule has 0 saturated carbocycles. The monoisotopic (exact) mass is 323 g/mol. The van der Waals surface area contributed by atoms with Crippen LogP contribution in [0.25, 0.3) is 0 Å². The van der Waals surface area contributed by atoms with Crippen molar-refractivity contribution >= 4 is 23.6 Å². The summed E-state index contributed by atoms with van der Waals surface area (Å²) in [6, 6.07) is 7.51. The van der Waals surface area contributed by atoms with Crippen molar-refractivity contribution in [3.05, 3.63) is 35.4 Å². The number of carbonyl (C=O) groups excluding carboxylic acids is 1. The van der Waals surface area contributed by atoms with Gasteiger partial charge in [-0.1, -0.05) is 32.9 Å². The molecule has 1 aromatic carbocycles. The molecule has 0 bridgehead atoms. The highest BCUT2D eigenvalue weighted by molar-refractivity contribution is 7.98. The Kier molecular flexibility index (Phi) is 7.45. The predicted octanol–water partition coefficient (Wildman–Crippen LogP) is 3.70. The first-order chi connectivity index (χ1) is 10.5. The molecule has 0 spiro atoms. The molecule has 4 nitrogen and oxygen atoms in total. The number of carboxylic acid groups (broad SMARTS) is 1. The van der Waals surface area contributed by atoms with E-state index >= 15 is 0 Å². The molecule has 1 rings (SSSR count). The maximum absolute atomic E-state index is 12.4. The number of aliphatic carboxylic acids is 1. The fourth-order valence-corrected chi connectivity index (χ4v) is 2.93. The third-order valence-electron chi connectivity index (χ3n) is 3.91. The summed E-state index contributed by atoms with van der Waals surface area (Å²) < 4.78 is 0. The number of carbonyl (C=O) groups is 2.